The van der Waals surface area contributed by atoms with Crippen LogP contribution in [0.3, 0.4) is 0 Å². The van der Waals surface area contributed by atoms with E-state index in [-0.39, 0.29) is 0 Å². The molecular formula is C15H20ClN3O. The average Bonchev–Trinajstić information content (AvgIpc) is 2.75. The number of benzene rings is 1. The third-order valence-corrected chi connectivity index (χ3v) is 3.44. The zero-order valence-corrected chi connectivity index (χ0v) is 12.8. The lowest BCUT2D eigenvalue weighted by molar-refractivity contribution is 0.172. The van der Waals surface area contributed by atoms with Gasteiger partial charge in [-0.05, 0) is 36.1 Å². The van der Waals surface area contributed by atoms with Crippen molar-refractivity contribution in [1.29, 1.82) is 0 Å². The topological polar surface area (TPSA) is 50.9 Å². The Morgan fingerprint density at radius 2 is 2.10 bits per heavy atom. The lowest BCUT2D eigenvalue weighted by Crippen LogP contribution is -2.13. The van der Waals surface area contributed by atoms with Gasteiger partial charge in [-0.3, -0.25) is 0 Å². The highest BCUT2D eigenvalue weighted by molar-refractivity contribution is 6.30. The zero-order valence-electron chi connectivity index (χ0n) is 12.0. The number of hydrogen-bond acceptors (Lipinski definition) is 3. The van der Waals surface area contributed by atoms with E-state index in [9.17, 15) is 5.11 Å². The van der Waals surface area contributed by atoms with E-state index in [0.717, 1.165) is 23.5 Å². The summed E-state index contributed by atoms with van der Waals surface area (Å²) < 4.78 is 1.86. The number of hydrogen-bond donors (Lipinski definition) is 1. The Morgan fingerprint density at radius 3 is 2.75 bits per heavy atom. The minimum Gasteiger partial charge on any atom is -0.388 e. The van der Waals surface area contributed by atoms with Crippen molar-refractivity contribution in [3.05, 3.63) is 46.5 Å². The van der Waals surface area contributed by atoms with Gasteiger partial charge in [-0.15, -0.1) is 0 Å². The first-order valence-corrected chi connectivity index (χ1v) is 7.16. The lowest BCUT2D eigenvalue weighted by Gasteiger charge is -2.15. The number of rotatable bonds is 5. The molecule has 0 aliphatic heterocycles. The van der Waals surface area contributed by atoms with Crippen LogP contribution in [0.5, 0.6) is 0 Å². The largest absolute Gasteiger partial charge is 0.388 e. The second-order valence-electron chi connectivity index (χ2n) is 5.47. The fraction of sp³-hybridized carbons (Fsp3) is 0.467. The highest BCUT2D eigenvalue weighted by Crippen LogP contribution is 2.23. The molecule has 0 bridgehead atoms. The normalized spacial score (nSPS) is 12.9. The number of halogens is 1. The molecule has 1 aromatic carbocycles. The molecule has 1 atom stereocenters. The summed E-state index contributed by atoms with van der Waals surface area (Å²) in [6, 6.07) is 5.52. The molecule has 1 heterocycles. The molecule has 5 heteroatoms. The van der Waals surface area contributed by atoms with Crippen LogP contribution in [0.2, 0.25) is 5.02 Å². The van der Waals surface area contributed by atoms with Crippen molar-refractivity contribution in [2.75, 3.05) is 0 Å². The fourth-order valence-electron chi connectivity index (χ4n) is 2.24. The van der Waals surface area contributed by atoms with Gasteiger partial charge in [0.05, 0.1) is 6.10 Å². The maximum Gasteiger partial charge on any atom is 0.138 e. The maximum absolute atomic E-state index is 10.4. The lowest BCUT2D eigenvalue weighted by atomic mass is 10.0. The smallest absolute Gasteiger partial charge is 0.138 e. The summed E-state index contributed by atoms with van der Waals surface area (Å²) in [7, 11) is 0. The fourth-order valence-corrected chi connectivity index (χ4v) is 2.47. The molecule has 0 aliphatic rings. The first-order valence-electron chi connectivity index (χ1n) is 6.78. The number of aryl methyl sites for hydroxylation is 1. The molecule has 0 saturated carbocycles. The van der Waals surface area contributed by atoms with E-state index in [1.54, 1.807) is 12.4 Å². The van der Waals surface area contributed by atoms with Gasteiger partial charge in [-0.2, -0.15) is 5.10 Å². The second kappa shape index (κ2) is 6.37. The summed E-state index contributed by atoms with van der Waals surface area (Å²) in [4.78, 5) is 4.25. The van der Waals surface area contributed by atoms with E-state index in [1.165, 1.54) is 0 Å². The highest BCUT2D eigenvalue weighted by Gasteiger charge is 2.15. The monoisotopic (exact) mass is 293 g/mol. The van der Waals surface area contributed by atoms with E-state index in [4.69, 9.17) is 11.6 Å². The van der Waals surface area contributed by atoms with Crippen LogP contribution >= 0.6 is 11.6 Å². The molecule has 2 aromatic rings. The van der Waals surface area contributed by atoms with Crippen molar-refractivity contribution < 1.29 is 5.11 Å². The molecule has 20 heavy (non-hydrogen) atoms. The highest BCUT2D eigenvalue weighted by atomic mass is 35.5. The van der Waals surface area contributed by atoms with E-state index in [0.29, 0.717) is 17.4 Å². The third kappa shape index (κ3) is 3.58. The van der Waals surface area contributed by atoms with Gasteiger partial charge < -0.3 is 5.11 Å². The maximum atomic E-state index is 10.4. The van der Waals surface area contributed by atoms with Gasteiger partial charge in [-0.1, -0.05) is 31.5 Å². The van der Waals surface area contributed by atoms with E-state index in [1.807, 2.05) is 23.7 Å². The molecule has 0 saturated heterocycles. The average molecular weight is 294 g/mol. The number of aromatic nitrogens is 3. The van der Waals surface area contributed by atoms with E-state index < -0.39 is 6.10 Å². The van der Waals surface area contributed by atoms with E-state index in [2.05, 4.69) is 23.9 Å². The summed E-state index contributed by atoms with van der Waals surface area (Å²) in [5, 5.41) is 15.3. The Hall–Kier alpha value is -1.39. The molecule has 0 aliphatic carbocycles. The van der Waals surface area contributed by atoms with Crippen molar-refractivity contribution in [2.45, 2.75) is 39.8 Å². The Bertz CT molecular complexity index is 580. The quantitative estimate of drug-likeness (QED) is 0.921. The van der Waals surface area contributed by atoms with Crippen LogP contribution in [0.15, 0.2) is 24.5 Å². The van der Waals surface area contributed by atoms with Crippen molar-refractivity contribution in [1.82, 2.24) is 14.8 Å². The molecule has 0 amide bonds. The predicted octanol–water partition coefficient (Wildman–Crippen LogP) is 3.17. The zero-order chi connectivity index (χ0) is 14.7. The van der Waals surface area contributed by atoms with Gasteiger partial charge in [0.15, 0.2) is 0 Å². The van der Waals surface area contributed by atoms with Crippen molar-refractivity contribution in [3.8, 4) is 0 Å². The SMILES string of the molecule is Cc1cc(Cl)ccc1C(O)Cc1ncnn1CC(C)C. The summed E-state index contributed by atoms with van der Waals surface area (Å²) in [6.07, 6.45) is 1.40. The molecule has 4 nitrogen and oxygen atoms in total. The van der Waals surface area contributed by atoms with Gasteiger partial charge in [0.25, 0.3) is 0 Å². The molecule has 0 spiro atoms. The second-order valence-corrected chi connectivity index (χ2v) is 5.91. The summed E-state index contributed by atoms with van der Waals surface area (Å²) in [6.45, 7) is 7.02. The van der Waals surface area contributed by atoms with Crippen LogP contribution in [0.4, 0.5) is 0 Å². The Balaban J connectivity index is 2.15. The van der Waals surface area contributed by atoms with Crippen molar-refractivity contribution in [2.24, 2.45) is 5.92 Å². The molecule has 2 rings (SSSR count). The first kappa shape index (κ1) is 15.0. The minimum absolute atomic E-state index is 0.454. The van der Waals surface area contributed by atoms with E-state index >= 15 is 0 Å². The van der Waals surface area contributed by atoms with Crippen molar-refractivity contribution >= 4 is 11.6 Å². The standard InChI is InChI=1S/C15H20ClN3O/c1-10(2)8-19-15(17-9-18-19)7-14(20)13-5-4-12(16)6-11(13)3/h4-6,9-10,14,20H,7-8H2,1-3H3. The predicted molar refractivity (Wildman–Crippen MR) is 79.7 cm³/mol. The Labute approximate surface area is 124 Å². The van der Waals surface area contributed by atoms with Gasteiger partial charge in [-0.25, -0.2) is 9.67 Å². The summed E-state index contributed by atoms with van der Waals surface area (Å²) in [5.41, 5.74) is 1.87. The van der Waals surface area contributed by atoms with Gasteiger partial charge in [0, 0.05) is 18.0 Å². The van der Waals surface area contributed by atoms with Crippen LogP contribution in [0.1, 0.15) is 36.9 Å². The Morgan fingerprint density at radius 1 is 1.35 bits per heavy atom. The molecular weight excluding hydrogens is 274 g/mol. The summed E-state index contributed by atoms with van der Waals surface area (Å²) in [5.74, 6) is 1.30. The number of aliphatic hydroxyl groups is 1. The van der Waals surface area contributed by atoms with Crippen molar-refractivity contribution in [3.63, 3.8) is 0 Å². The minimum atomic E-state index is -0.595. The van der Waals surface area contributed by atoms with Crippen LogP contribution in [0, 0.1) is 12.8 Å². The van der Waals surface area contributed by atoms with Gasteiger partial charge in [0.2, 0.25) is 0 Å². The molecule has 1 unspecified atom stereocenters. The molecule has 0 radical (unpaired) electrons. The molecule has 0 fully saturated rings. The van der Waals surface area contributed by atoms with Crippen LogP contribution in [0.25, 0.3) is 0 Å². The number of aliphatic hydroxyl groups excluding tert-OH is 1. The Kier molecular flexibility index (Phi) is 4.78. The van der Waals surface area contributed by atoms with Gasteiger partial charge >= 0.3 is 0 Å². The van der Waals surface area contributed by atoms with Crippen LogP contribution in [-0.2, 0) is 13.0 Å². The number of nitrogens with zero attached hydrogens (tertiary/aromatic N) is 3. The van der Waals surface area contributed by atoms with Gasteiger partial charge in [0.1, 0.15) is 12.2 Å². The summed E-state index contributed by atoms with van der Waals surface area (Å²) >= 11 is 5.94. The molecule has 1 aromatic heterocycles. The molecule has 1 N–H and O–H groups in total. The molecule has 108 valence electrons. The third-order valence-electron chi connectivity index (χ3n) is 3.20. The first-order chi connectivity index (χ1) is 9.47. The van der Waals surface area contributed by atoms with Crippen LogP contribution in [-0.4, -0.2) is 19.9 Å². The van der Waals surface area contributed by atoms with Crippen LogP contribution < -0.4 is 0 Å².